The van der Waals surface area contributed by atoms with Gasteiger partial charge >= 0.3 is 0 Å². The van der Waals surface area contributed by atoms with Crippen molar-refractivity contribution in [1.29, 1.82) is 0 Å². The van der Waals surface area contributed by atoms with Gasteiger partial charge in [0.15, 0.2) is 0 Å². The third-order valence-corrected chi connectivity index (χ3v) is 3.19. The zero-order chi connectivity index (χ0) is 11.7. The predicted molar refractivity (Wildman–Crippen MR) is 70.5 cm³/mol. The van der Waals surface area contributed by atoms with Crippen LogP contribution in [0.1, 0.15) is 0 Å². The summed E-state index contributed by atoms with van der Waals surface area (Å²) in [5.41, 5.74) is 2.85. The molecule has 3 nitrogen and oxygen atoms in total. The second-order valence-corrected chi connectivity index (χ2v) is 4.47. The summed E-state index contributed by atoms with van der Waals surface area (Å²) in [7, 11) is 0. The van der Waals surface area contributed by atoms with Crippen LogP contribution in [0, 0.1) is 0 Å². The minimum absolute atomic E-state index is 0.883. The third kappa shape index (κ3) is 1.91. The molecular formula is C13H8BrN3. The number of rotatable bonds is 1. The Bertz CT molecular complexity index is 668. The van der Waals surface area contributed by atoms with Gasteiger partial charge < -0.3 is 0 Å². The SMILES string of the molecule is Brc1cc(-c2ccncc2)nc2cnccc12. The van der Waals surface area contributed by atoms with Gasteiger partial charge in [-0.05, 0) is 24.3 Å². The largest absolute Gasteiger partial charge is 0.265 e. The average Bonchev–Trinajstić information content (AvgIpc) is 2.40. The topological polar surface area (TPSA) is 38.7 Å². The van der Waals surface area contributed by atoms with Crippen molar-refractivity contribution in [2.24, 2.45) is 0 Å². The van der Waals surface area contributed by atoms with E-state index in [4.69, 9.17) is 0 Å². The second kappa shape index (κ2) is 4.22. The minimum atomic E-state index is 0.883. The van der Waals surface area contributed by atoms with Crippen molar-refractivity contribution < 1.29 is 0 Å². The fraction of sp³-hybridized carbons (Fsp3) is 0. The van der Waals surface area contributed by atoms with Gasteiger partial charge in [-0.1, -0.05) is 15.9 Å². The van der Waals surface area contributed by atoms with E-state index in [0.717, 1.165) is 26.6 Å². The molecule has 3 aromatic heterocycles. The van der Waals surface area contributed by atoms with Crippen LogP contribution in [0.3, 0.4) is 0 Å². The first-order valence-corrected chi connectivity index (χ1v) is 5.94. The average molecular weight is 286 g/mol. The highest BCUT2D eigenvalue weighted by Gasteiger charge is 2.05. The molecule has 3 aromatic rings. The number of hydrogen-bond acceptors (Lipinski definition) is 3. The van der Waals surface area contributed by atoms with Crippen LogP contribution in [0.5, 0.6) is 0 Å². The summed E-state index contributed by atoms with van der Waals surface area (Å²) in [5, 5.41) is 1.07. The Balaban J connectivity index is 2.26. The molecule has 82 valence electrons. The maximum Gasteiger partial charge on any atom is 0.0903 e. The van der Waals surface area contributed by atoms with Crippen LogP contribution in [0.15, 0.2) is 53.5 Å². The van der Waals surface area contributed by atoms with Crippen molar-refractivity contribution in [2.75, 3.05) is 0 Å². The summed E-state index contributed by atoms with van der Waals surface area (Å²) >= 11 is 3.56. The number of nitrogens with zero attached hydrogens (tertiary/aromatic N) is 3. The molecule has 0 atom stereocenters. The van der Waals surface area contributed by atoms with Crippen LogP contribution >= 0.6 is 15.9 Å². The Labute approximate surface area is 107 Å². The quantitative estimate of drug-likeness (QED) is 0.687. The lowest BCUT2D eigenvalue weighted by Gasteiger charge is -2.04. The molecule has 0 saturated heterocycles. The molecule has 0 amide bonds. The molecule has 0 spiro atoms. The number of aromatic nitrogens is 3. The van der Waals surface area contributed by atoms with Crippen molar-refractivity contribution in [1.82, 2.24) is 15.0 Å². The highest BCUT2D eigenvalue weighted by molar-refractivity contribution is 9.10. The Morgan fingerprint density at radius 1 is 0.941 bits per heavy atom. The number of pyridine rings is 3. The van der Waals surface area contributed by atoms with E-state index in [1.54, 1.807) is 24.8 Å². The highest BCUT2D eigenvalue weighted by atomic mass is 79.9. The number of hydrogen-bond donors (Lipinski definition) is 0. The Kier molecular flexibility index (Phi) is 2.57. The monoisotopic (exact) mass is 285 g/mol. The van der Waals surface area contributed by atoms with Crippen LogP contribution in [0.2, 0.25) is 0 Å². The van der Waals surface area contributed by atoms with Crippen LogP contribution in [0.25, 0.3) is 22.2 Å². The summed E-state index contributed by atoms with van der Waals surface area (Å²) in [6.07, 6.45) is 7.06. The fourth-order valence-corrected chi connectivity index (χ4v) is 2.26. The minimum Gasteiger partial charge on any atom is -0.265 e. The van der Waals surface area contributed by atoms with Gasteiger partial charge in [0.2, 0.25) is 0 Å². The van der Waals surface area contributed by atoms with Gasteiger partial charge in [-0.3, -0.25) is 9.97 Å². The molecule has 0 N–H and O–H groups in total. The first-order valence-electron chi connectivity index (χ1n) is 5.15. The lowest BCUT2D eigenvalue weighted by molar-refractivity contribution is 1.29. The van der Waals surface area contributed by atoms with Crippen LogP contribution in [-0.4, -0.2) is 15.0 Å². The number of halogens is 1. The molecule has 3 rings (SSSR count). The van der Waals surface area contributed by atoms with Gasteiger partial charge in [0.25, 0.3) is 0 Å². The van der Waals surface area contributed by atoms with E-state index >= 15 is 0 Å². The smallest absolute Gasteiger partial charge is 0.0903 e. The van der Waals surface area contributed by atoms with Crippen LogP contribution in [0.4, 0.5) is 0 Å². The Hall–Kier alpha value is -1.81. The van der Waals surface area contributed by atoms with Crippen LogP contribution < -0.4 is 0 Å². The summed E-state index contributed by atoms with van der Waals surface area (Å²) in [5.74, 6) is 0. The van der Waals surface area contributed by atoms with E-state index in [1.165, 1.54) is 0 Å². The van der Waals surface area contributed by atoms with Crippen molar-refractivity contribution in [2.45, 2.75) is 0 Å². The van der Waals surface area contributed by atoms with Gasteiger partial charge in [-0.15, -0.1) is 0 Å². The lowest BCUT2D eigenvalue weighted by Crippen LogP contribution is -1.87. The molecular weight excluding hydrogens is 278 g/mol. The molecule has 0 radical (unpaired) electrons. The predicted octanol–water partition coefficient (Wildman–Crippen LogP) is 3.45. The molecule has 17 heavy (non-hydrogen) atoms. The molecule has 4 heteroatoms. The molecule has 0 aliphatic heterocycles. The van der Waals surface area contributed by atoms with Gasteiger partial charge in [0.05, 0.1) is 17.4 Å². The normalized spacial score (nSPS) is 10.6. The lowest BCUT2D eigenvalue weighted by atomic mass is 10.1. The standard InChI is InChI=1S/C13H8BrN3/c14-11-7-12(9-1-4-15-5-2-9)17-13-8-16-6-3-10(11)13/h1-8H. The van der Waals surface area contributed by atoms with Gasteiger partial charge in [0, 0.05) is 34.0 Å². The third-order valence-electron chi connectivity index (χ3n) is 2.54. The fourth-order valence-electron chi connectivity index (χ4n) is 1.71. The summed E-state index contributed by atoms with van der Waals surface area (Å²) in [6.45, 7) is 0. The molecule has 0 unspecified atom stereocenters. The summed E-state index contributed by atoms with van der Waals surface area (Å²) in [4.78, 5) is 12.7. The molecule has 3 heterocycles. The van der Waals surface area contributed by atoms with E-state index in [9.17, 15) is 0 Å². The van der Waals surface area contributed by atoms with E-state index in [2.05, 4.69) is 30.9 Å². The molecule has 0 saturated carbocycles. The van der Waals surface area contributed by atoms with E-state index in [-0.39, 0.29) is 0 Å². The molecule has 0 aliphatic rings. The maximum atomic E-state index is 4.59. The first-order chi connectivity index (χ1) is 8.34. The second-order valence-electron chi connectivity index (χ2n) is 3.62. The van der Waals surface area contributed by atoms with Crippen molar-refractivity contribution in [3.05, 3.63) is 53.5 Å². The zero-order valence-corrected chi connectivity index (χ0v) is 10.4. The maximum absolute atomic E-state index is 4.59. The zero-order valence-electron chi connectivity index (χ0n) is 8.84. The summed E-state index contributed by atoms with van der Waals surface area (Å²) < 4.78 is 1.02. The van der Waals surface area contributed by atoms with Crippen molar-refractivity contribution >= 4 is 26.8 Å². The first kappa shape index (κ1) is 10.4. The van der Waals surface area contributed by atoms with Gasteiger partial charge in [0.1, 0.15) is 0 Å². The van der Waals surface area contributed by atoms with Crippen molar-refractivity contribution in [3.63, 3.8) is 0 Å². The highest BCUT2D eigenvalue weighted by Crippen LogP contribution is 2.27. The van der Waals surface area contributed by atoms with Crippen LogP contribution in [-0.2, 0) is 0 Å². The Morgan fingerprint density at radius 2 is 1.71 bits per heavy atom. The summed E-state index contributed by atoms with van der Waals surface area (Å²) in [6, 6.07) is 7.84. The molecule has 0 aromatic carbocycles. The Morgan fingerprint density at radius 3 is 2.53 bits per heavy atom. The van der Waals surface area contributed by atoms with E-state index in [0.29, 0.717) is 0 Å². The number of fused-ring (bicyclic) bond motifs is 1. The molecule has 0 bridgehead atoms. The van der Waals surface area contributed by atoms with E-state index < -0.39 is 0 Å². The molecule has 0 aliphatic carbocycles. The van der Waals surface area contributed by atoms with Gasteiger partial charge in [-0.2, -0.15) is 0 Å². The molecule has 0 fully saturated rings. The van der Waals surface area contributed by atoms with Gasteiger partial charge in [-0.25, -0.2) is 4.98 Å². The van der Waals surface area contributed by atoms with Crippen molar-refractivity contribution in [3.8, 4) is 11.3 Å². The van der Waals surface area contributed by atoms with E-state index in [1.807, 2.05) is 24.3 Å².